The molecule has 0 radical (unpaired) electrons. The summed E-state index contributed by atoms with van der Waals surface area (Å²) in [6.45, 7) is 3.74. The minimum atomic E-state index is 0.170. The number of hydrogen-bond acceptors (Lipinski definition) is 3. The lowest BCUT2D eigenvalue weighted by Gasteiger charge is -2.12. The van der Waals surface area contributed by atoms with Crippen molar-refractivity contribution in [1.29, 1.82) is 0 Å². The van der Waals surface area contributed by atoms with Crippen LogP contribution in [-0.4, -0.2) is 23.5 Å². The van der Waals surface area contributed by atoms with Gasteiger partial charge >= 0.3 is 0 Å². The van der Waals surface area contributed by atoms with Crippen LogP contribution in [0.25, 0.3) is 0 Å². The fourth-order valence-electron chi connectivity index (χ4n) is 2.15. The predicted molar refractivity (Wildman–Crippen MR) is 66.5 cm³/mol. The van der Waals surface area contributed by atoms with Crippen molar-refractivity contribution in [3.8, 4) is 0 Å². The lowest BCUT2D eigenvalue weighted by Crippen LogP contribution is -2.35. The summed E-state index contributed by atoms with van der Waals surface area (Å²) < 4.78 is 0. The first-order valence-corrected chi connectivity index (χ1v) is 6.22. The van der Waals surface area contributed by atoms with Crippen LogP contribution in [0.15, 0.2) is 18.3 Å². The molecule has 1 aliphatic rings. The lowest BCUT2D eigenvalue weighted by molar-refractivity contribution is -0.119. The maximum Gasteiger partial charge on any atom is 0.220 e. The molecule has 1 aliphatic heterocycles. The molecule has 92 valence electrons. The van der Waals surface area contributed by atoms with Gasteiger partial charge in [-0.1, -0.05) is 13.0 Å². The van der Waals surface area contributed by atoms with E-state index in [0.717, 1.165) is 31.6 Å². The molecule has 0 saturated carbocycles. The van der Waals surface area contributed by atoms with Crippen LogP contribution in [0.4, 0.5) is 0 Å². The van der Waals surface area contributed by atoms with E-state index in [-0.39, 0.29) is 11.9 Å². The quantitative estimate of drug-likeness (QED) is 0.798. The Morgan fingerprint density at radius 1 is 1.59 bits per heavy atom. The number of rotatable bonds is 5. The van der Waals surface area contributed by atoms with E-state index >= 15 is 0 Å². The van der Waals surface area contributed by atoms with E-state index in [1.807, 2.05) is 12.3 Å². The molecule has 1 aromatic rings. The van der Waals surface area contributed by atoms with Crippen molar-refractivity contribution in [2.24, 2.45) is 0 Å². The van der Waals surface area contributed by atoms with Gasteiger partial charge in [-0.25, -0.2) is 0 Å². The van der Waals surface area contributed by atoms with E-state index in [2.05, 4.69) is 28.6 Å². The third-order valence-corrected chi connectivity index (χ3v) is 3.13. The highest BCUT2D eigenvalue weighted by atomic mass is 16.1. The highest BCUT2D eigenvalue weighted by molar-refractivity contribution is 5.78. The Balaban J connectivity index is 1.79. The molecule has 4 heteroatoms. The first kappa shape index (κ1) is 12.0. The van der Waals surface area contributed by atoms with Crippen LogP contribution in [0.3, 0.4) is 0 Å². The van der Waals surface area contributed by atoms with Crippen LogP contribution in [0.1, 0.15) is 31.0 Å². The minimum Gasteiger partial charge on any atom is -0.352 e. The molecule has 1 aromatic heterocycles. The number of aromatic nitrogens is 1. The van der Waals surface area contributed by atoms with Gasteiger partial charge in [-0.3, -0.25) is 9.78 Å². The van der Waals surface area contributed by atoms with Gasteiger partial charge in [-0.2, -0.15) is 0 Å². The van der Waals surface area contributed by atoms with Crippen molar-refractivity contribution in [3.63, 3.8) is 0 Å². The molecule has 4 nitrogen and oxygen atoms in total. The lowest BCUT2D eigenvalue weighted by atomic mass is 10.1. The average Bonchev–Trinajstić information content (AvgIpc) is 2.76. The zero-order valence-electron chi connectivity index (χ0n) is 10.2. The zero-order valence-corrected chi connectivity index (χ0v) is 10.2. The molecule has 2 rings (SSSR count). The first-order chi connectivity index (χ1) is 8.29. The maximum atomic E-state index is 11.0. The molecular weight excluding hydrogens is 214 g/mol. The van der Waals surface area contributed by atoms with Crippen molar-refractivity contribution in [1.82, 2.24) is 15.6 Å². The molecule has 1 amide bonds. The molecule has 1 unspecified atom stereocenters. The fourth-order valence-corrected chi connectivity index (χ4v) is 2.15. The summed E-state index contributed by atoms with van der Waals surface area (Å²) in [5.74, 6) is 0.170. The number of amides is 1. The van der Waals surface area contributed by atoms with Crippen LogP contribution in [-0.2, 0) is 17.8 Å². The summed E-state index contributed by atoms with van der Waals surface area (Å²) in [6.07, 6.45) is 4.43. The molecule has 0 spiro atoms. The second kappa shape index (κ2) is 5.77. The van der Waals surface area contributed by atoms with Crippen molar-refractivity contribution in [2.45, 2.75) is 38.8 Å². The molecule has 2 N–H and O–H groups in total. The Morgan fingerprint density at radius 3 is 3.18 bits per heavy atom. The average molecular weight is 233 g/mol. The monoisotopic (exact) mass is 233 g/mol. The maximum absolute atomic E-state index is 11.0. The van der Waals surface area contributed by atoms with Crippen LogP contribution in [0.5, 0.6) is 0 Å². The van der Waals surface area contributed by atoms with Gasteiger partial charge in [0.1, 0.15) is 0 Å². The van der Waals surface area contributed by atoms with Crippen LogP contribution < -0.4 is 10.6 Å². The van der Waals surface area contributed by atoms with Crippen LogP contribution >= 0.6 is 0 Å². The molecule has 1 saturated heterocycles. The van der Waals surface area contributed by atoms with Crippen molar-refractivity contribution >= 4 is 5.91 Å². The van der Waals surface area contributed by atoms with Gasteiger partial charge in [0.15, 0.2) is 0 Å². The second-order valence-electron chi connectivity index (χ2n) is 4.40. The molecule has 0 bridgehead atoms. The number of nitrogens with zero attached hydrogens (tertiary/aromatic N) is 1. The number of carbonyl (C=O) groups excluding carboxylic acids is 1. The second-order valence-corrected chi connectivity index (χ2v) is 4.40. The van der Waals surface area contributed by atoms with Gasteiger partial charge in [-0.05, 0) is 24.5 Å². The molecule has 1 atom stereocenters. The van der Waals surface area contributed by atoms with Gasteiger partial charge < -0.3 is 10.6 Å². The smallest absolute Gasteiger partial charge is 0.220 e. The third kappa shape index (κ3) is 3.27. The highest BCUT2D eigenvalue weighted by Crippen LogP contribution is 2.07. The number of nitrogens with one attached hydrogen (secondary N) is 2. The largest absolute Gasteiger partial charge is 0.352 e. The Bertz CT molecular complexity index is 392. The zero-order chi connectivity index (χ0) is 12.1. The SMILES string of the molecule is CCc1cccnc1CNCC1CCC(=O)N1. The Kier molecular flexibility index (Phi) is 4.09. The van der Waals surface area contributed by atoms with Gasteiger partial charge in [0, 0.05) is 31.7 Å². The first-order valence-electron chi connectivity index (χ1n) is 6.22. The summed E-state index contributed by atoms with van der Waals surface area (Å²) >= 11 is 0. The van der Waals surface area contributed by atoms with E-state index in [1.165, 1.54) is 5.56 Å². The summed E-state index contributed by atoms with van der Waals surface area (Å²) in [4.78, 5) is 15.4. The normalized spacial score (nSPS) is 19.4. The van der Waals surface area contributed by atoms with Gasteiger partial charge in [0.05, 0.1) is 5.69 Å². The Labute approximate surface area is 102 Å². The Morgan fingerprint density at radius 2 is 2.47 bits per heavy atom. The molecule has 1 fully saturated rings. The summed E-state index contributed by atoms with van der Waals surface area (Å²) in [5.41, 5.74) is 2.40. The molecule has 2 heterocycles. The summed E-state index contributed by atoms with van der Waals surface area (Å²) in [6, 6.07) is 4.37. The number of aryl methyl sites for hydroxylation is 1. The van der Waals surface area contributed by atoms with Crippen molar-refractivity contribution < 1.29 is 4.79 Å². The van der Waals surface area contributed by atoms with E-state index in [0.29, 0.717) is 6.42 Å². The highest BCUT2D eigenvalue weighted by Gasteiger charge is 2.19. The third-order valence-electron chi connectivity index (χ3n) is 3.13. The summed E-state index contributed by atoms with van der Waals surface area (Å²) in [5, 5.41) is 6.31. The van der Waals surface area contributed by atoms with Crippen LogP contribution in [0.2, 0.25) is 0 Å². The van der Waals surface area contributed by atoms with E-state index in [4.69, 9.17) is 0 Å². The fraction of sp³-hybridized carbons (Fsp3) is 0.538. The topological polar surface area (TPSA) is 54.0 Å². The number of carbonyl (C=O) groups is 1. The van der Waals surface area contributed by atoms with E-state index < -0.39 is 0 Å². The molecule has 0 aliphatic carbocycles. The molecule has 17 heavy (non-hydrogen) atoms. The molecular formula is C13H19N3O. The minimum absolute atomic E-state index is 0.170. The molecule has 0 aromatic carbocycles. The van der Waals surface area contributed by atoms with Crippen molar-refractivity contribution in [3.05, 3.63) is 29.6 Å². The van der Waals surface area contributed by atoms with Gasteiger partial charge in [0.25, 0.3) is 0 Å². The van der Waals surface area contributed by atoms with Crippen LogP contribution in [0, 0.1) is 0 Å². The summed E-state index contributed by atoms with van der Waals surface area (Å²) in [7, 11) is 0. The van der Waals surface area contributed by atoms with Gasteiger partial charge in [-0.15, -0.1) is 0 Å². The predicted octanol–water partition coefficient (Wildman–Crippen LogP) is 1.01. The Hall–Kier alpha value is -1.42. The van der Waals surface area contributed by atoms with Crippen molar-refractivity contribution in [2.75, 3.05) is 6.54 Å². The van der Waals surface area contributed by atoms with Gasteiger partial charge in [0.2, 0.25) is 5.91 Å². The number of hydrogen-bond donors (Lipinski definition) is 2. The standard InChI is InChI=1S/C13H19N3O/c1-2-10-4-3-7-15-12(10)9-14-8-11-5-6-13(17)16-11/h3-4,7,11,14H,2,5-6,8-9H2,1H3,(H,16,17). The number of pyridine rings is 1. The van der Waals surface area contributed by atoms with E-state index in [9.17, 15) is 4.79 Å². The van der Waals surface area contributed by atoms with E-state index in [1.54, 1.807) is 0 Å².